The number of rotatable bonds is 1. The third-order valence-corrected chi connectivity index (χ3v) is 9.56. The number of aromatic hydroxyl groups is 1. The summed E-state index contributed by atoms with van der Waals surface area (Å²) < 4.78 is 6.62. The quantitative estimate of drug-likeness (QED) is 0.217. The molecule has 7 aromatic rings. The van der Waals surface area contributed by atoms with Crippen molar-refractivity contribution in [3.05, 3.63) is 183 Å². The molecule has 1 aliphatic carbocycles. The molecule has 0 unspecified atom stereocenters. The SMILES string of the molecule is C=c1ccc2cc3c(cc2c1)C1(c2ccccc2Oc2ccccc21)c1cc2cc(O)ccc2cc1C=3c1ccccc1C. The van der Waals surface area contributed by atoms with Crippen molar-refractivity contribution in [2.75, 3.05) is 0 Å². The van der Waals surface area contributed by atoms with Gasteiger partial charge in [0.25, 0.3) is 0 Å². The Morgan fingerprint density at radius 3 is 1.95 bits per heavy atom. The summed E-state index contributed by atoms with van der Waals surface area (Å²) in [7, 11) is 0. The van der Waals surface area contributed by atoms with Crippen LogP contribution in [-0.2, 0) is 5.41 Å². The van der Waals surface area contributed by atoms with Crippen LogP contribution in [0.1, 0.15) is 38.9 Å². The maximum Gasteiger partial charge on any atom is 0.132 e. The van der Waals surface area contributed by atoms with Crippen LogP contribution in [0, 0.1) is 6.92 Å². The van der Waals surface area contributed by atoms with Crippen LogP contribution >= 0.6 is 0 Å². The Morgan fingerprint density at radius 2 is 1.18 bits per heavy atom. The van der Waals surface area contributed by atoms with Crippen molar-refractivity contribution in [2.24, 2.45) is 0 Å². The standard InChI is InChI=1S/C42H28O2/c1-25-15-16-27-21-33-37(23-29(27)19-25)42(35-11-5-7-13-39(35)44-40-14-8-6-12-36(40)42)38-24-30-20-31(43)18-17-28(30)22-34(38)41(33)32-10-4-3-9-26(32)2/h3-24,43H,1H2,2H3. The van der Waals surface area contributed by atoms with E-state index in [1.165, 1.54) is 44.0 Å². The molecule has 44 heavy (non-hydrogen) atoms. The van der Waals surface area contributed by atoms with Gasteiger partial charge in [0.15, 0.2) is 0 Å². The van der Waals surface area contributed by atoms with Gasteiger partial charge in [-0.15, -0.1) is 0 Å². The second-order valence-electron chi connectivity index (χ2n) is 12.0. The molecule has 0 bridgehead atoms. The zero-order chi connectivity index (χ0) is 29.6. The number of phenols is 1. The molecule has 0 aromatic heterocycles. The fourth-order valence-corrected chi connectivity index (χ4v) is 7.67. The first-order valence-corrected chi connectivity index (χ1v) is 15.0. The minimum absolute atomic E-state index is 0.257. The van der Waals surface area contributed by atoms with E-state index in [1.807, 2.05) is 24.3 Å². The molecule has 2 nitrogen and oxygen atoms in total. The highest BCUT2D eigenvalue weighted by Gasteiger charge is 2.49. The smallest absolute Gasteiger partial charge is 0.132 e. The molecule has 9 rings (SSSR count). The minimum atomic E-state index is -0.673. The van der Waals surface area contributed by atoms with Gasteiger partial charge in [0.05, 0.1) is 5.41 Å². The number of aryl methyl sites for hydroxylation is 1. The first-order valence-electron chi connectivity index (χ1n) is 15.0. The molecule has 2 aliphatic rings. The van der Waals surface area contributed by atoms with E-state index in [2.05, 4.69) is 117 Å². The van der Waals surface area contributed by atoms with Gasteiger partial charge >= 0.3 is 0 Å². The van der Waals surface area contributed by atoms with E-state index >= 15 is 0 Å². The molecule has 1 spiro atoms. The van der Waals surface area contributed by atoms with E-state index in [1.54, 1.807) is 6.07 Å². The molecule has 1 aliphatic heterocycles. The van der Waals surface area contributed by atoms with Crippen LogP contribution in [0.3, 0.4) is 0 Å². The Morgan fingerprint density at radius 1 is 0.545 bits per heavy atom. The second-order valence-corrected chi connectivity index (χ2v) is 12.0. The Kier molecular flexibility index (Phi) is 5.08. The lowest BCUT2D eigenvalue weighted by Crippen LogP contribution is -2.42. The fraction of sp³-hybridized carbons (Fsp3) is 0.0476. The summed E-state index contributed by atoms with van der Waals surface area (Å²) >= 11 is 0. The van der Waals surface area contributed by atoms with Crippen LogP contribution in [0.2, 0.25) is 0 Å². The topological polar surface area (TPSA) is 29.5 Å². The highest BCUT2D eigenvalue weighted by atomic mass is 16.5. The zero-order valence-electron chi connectivity index (χ0n) is 24.3. The molecule has 0 saturated carbocycles. The molecule has 208 valence electrons. The van der Waals surface area contributed by atoms with E-state index < -0.39 is 5.41 Å². The molecule has 1 heterocycles. The monoisotopic (exact) mass is 564 g/mol. The van der Waals surface area contributed by atoms with Gasteiger partial charge < -0.3 is 9.84 Å². The lowest BCUT2D eigenvalue weighted by molar-refractivity contribution is 0.433. The summed E-state index contributed by atoms with van der Waals surface area (Å²) in [6, 6.07) is 47.1. The van der Waals surface area contributed by atoms with Crippen molar-refractivity contribution in [1.82, 2.24) is 0 Å². The molecule has 2 heteroatoms. The lowest BCUT2D eigenvalue weighted by atomic mass is 9.58. The average molecular weight is 565 g/mol. The number of para-hydroxylation sites is 2. The number of fused-ring (bicyclic) bond motifs is 10. The maximum atomic E-state index is 10.6. The minimum Gasteiger partial charge on any atom is -0.508 e. The zero-order valence-corrected chi connectivity index (χ0v) is 24.3. The first kappa shape index (κ1) is 24.9. The summed E-state index contributed by atoms with van der Waals surface area (Å²) in [5.74, 6) is 1.96. The van der Waals surface area contributed by atoms with Gasteiger partial charge in [-0.3, -0.25) is 0 Å². The van der Waals surface area contributed by atoms with Crippen molar-refractivity contribution in [2.45, 2.75) is 12.3 Å². The molecular weight excluding hydrogens is 536 g/mol. The Bertz CT molecular complexity index is 2420. The van der Waals surface area contributed by atoms with E-state index in [0.29, 0.717) is 0 Å². The summed E-state index contributed by atoms with van der Waals surface area (Å²) in [4.78, 5) is 0. The number of hydrogen-bond donors (Lipinski definition) is 1. The van der Waals surface area contributed by atoms with Gasteiger partial charge in [-0.25, -0.2) is 0 Å². The number of ether oxygens (including phenoxy) is 1. The van der Waals surface area contributed by atoms with E-state index in [9.17, 15) is 5.11 Å². The van der Waals surface area contributed by atoms with E-state index in [-0.39, 0.29) is 5.75 Å². The van der Waals surface area contributed by atoms with Crippen LogP contribution in [0.5, 0.6) is 17.2 Å². The van der Waals surface area contributed by atoms with E-state index in [0.717, 1.165) is 44.0 Å². The van der Waals surface area contributed by atoms with Crippen molar-refractivity contribution < 1.29 is 9.84 Å². The summed E-state index contributed by atoms with van der Waals surface area (Å²) in [6.07, 6.45) is 0. The fourth-order valence-electron chi connectivity index (χ4n) is 7.67. The number of hydrogen-bond acceptors (Lipinski definition) is 2. The van der Waals surface area contributed by atoms with Gasteiger partial charge in [-0.05, 0) is 127 Å². The van der Waals surface area contributed by atoms with Crippen LogP contribution in [0.25, 0.3) is 33.7 Å². The lowest BCUT2D eigenvalue weighted by Gasteiger charge is -2.45. The number of phenolic OH excluding ortho intramolecular Hbond substituents is 1. The van der Waals surface area contributed by atoms with Crippen LogP contribution < -0.4 is 15.2 Å². The molecule has 0 atom stereocenters. The average Bonchev–Trinajstić information content (AvgIpc) is 3.04. The van der Waals surface area contributed by atoms with Crippen LogP contribution in [-0.4, -0.2) is 5.11 Å². The highest BCUT2D eigenvalue weighted by molar-refractivity contribution is 5.98. The van der Waals surface area contributed by atoms with Crippen molar-refractivity contribution >= 4 is 33.7 Å². The van der Waals surface area contributed by atoms with Crippen molar-refractivity contribution in [3.63, 3.8) is 0 Å². The largest absolute Gasteiger partial charge is 0.508 e. The summed E-state index contributed by atoms with van der Waals surface area (Å²) in [5, 5.41) is 17.2. The van der Waals surface area contributed by atoms with Crippen molar-refractivity contribution in [3.8, 4) is 17.2 Å². The summed E-state index contributed by atoms with van der Waals surface area (Å²) in [5.41, 5.74) is 8.77. The van der Waals surface area contributed by atoms with Gasteiger partial charge in [-0.2, -0.15) is 0 Å². The molecule has 0 amide bonds. The van der Waals surface area contributed by atoms with E-state index in [4.69, 9.17) is 4.74 Å². The van der Waals surface area contributed by atoms with Gasteiger partial charge in [0, 0.05) is 11.1 Å². The molecule has 0 saturated heterocycles. The Balaban J connectivity index is 1.61. The predicted octanol–water partition coefficient (Wildman–Crippen LogP) is 8.47. The van der Waals surface area contributed by atoms with Crippen molar-refractivity contribution in [1.29, 1.82) is 0 Å². The van der Waals surface area contributed by atoms with Crippen LogP contribution in [0.15, 0.2) is 133 Å². The molecule has 1 N–H and O–H groups in total. The van der Waals surface area contributed by atoms with Crippen LogP contribution in [0.4, 0.5) is 0 Å². The number of benzene rings is 7. The normalized spacial score (nSPS) is 14.1. The first-order chi connectivity index (χ1) is 21.5. The predicted molar refractivity (Wildman–Crippen MR) is 179 cm³/mol. The Labute approximate surface area is 255 Å². The highest BCUT2D eigenvalue weighted by Crippen LogP contribution is 2.58. The summed E-state index contributed by atoms with van der Waals surface area (Å²) in [6.45, 7) is 6.46. The maximum absolute atomic E-state index is 10.6. The van der Waals surface area contributed by atoms with Gasteiger partial charge in [0.2, 0.25) is 0 Å². The third kappa shape index (κ3) is 3.31. The molecule has 0 fully saturated rings. The van der Waals surface area contributed by atoms with Gasteiger partial charge in [0.1, 0.15) is 17.2 Å². The Hall–Kier alpha value is -5.60. The molecule has 0 radical (unpaired) electrons. The molecular formula is C42H28O2. The van der Waals surface area contributed by atoms with Gasteiger partial charge in [-0.1, -0.05) is 85.4 Å². The molecule has 7 aromatic carbocycles. The second kappa shape index (κ2) is 8.95. The third-order valence-electron chi connectivity index (χ3n) is 9.56.